The topological polar surface area (TPSA) is 84.2 Å². The average Bonchev–Trinajstić information content (AvgIpc) is 3.08. The number of carbonyl (C=O) groups is 1. The molecule has 0 unspecified atom stereocenters. The van der Waals surface area contributed by atoms with Crippen molar-refractivity contribution < 1.29 is 14.3 Å². The molecular formula is C21H28N6O3. The van der Waals surface area contributed by atoms with E-state index in [1.807, 2.05) is 49.8 Å². The molecule has 9 nitrogen and oxygen atoms in total. The van der Waals surface area contributed by atoms with Crippen LogP contribution in [0.1, 0.15) is 11.4 Å². The van der Waals surface area contributed by atoms with E-state index in [4.69, 9.17) is 9.47 Å². The van der Waals surface area contributed by atoms with Crippen molar-refractivity contribution in [3.05, 3.63) is 35.8 Å². The largest absolute Gasteiger partial charge is 0.496 e. The summed E-state index contributed by atoms with van der Waals surface area (Å²) in [6, 6.07) is 5.58. The maximum atomic E-state index is 12.3. The fourth-order valence-electron chi connectivity index (χ4n) is 3.20. The molecule has 160 valence electrons. The Balaban J connectivity index is 2.18. The molecule has 0 radical (unpaired) electrons. The number of methoxy groups -OCH3 is 2. The minimum absolute atomic E-state index is 0.244. The molecule has 0 aliphatic rings. The van der Waals surface area contributed by atoms with Gasteiger partial charge in [-0.1, -0.05) is 0 Å². The van der Waals surface area contributed by atoms with Crippen LogP contribution in [-0.2, 0) is 6.54 Å². The second-order valence-electron chi connectivity index (χ2n) is 7.50. The van der Waals surface area contributed by atoms with Gasteiger partial charge >= 0.3 is 6.03 Å². The minimum Gasteiger partial charge on any atom is -0.496 e. The third-order valence-electron chi connectivity index (χ3n) is 4.74. The molecule has 3 aromatic rings. The first-order chi connectivity index (χ1) is 14.2. The van der Waals surface area contributed by atoms with Gasteiger partial charge in [-0.2, -0.15) is 0 Å². The van der Waals surface area contributed by atoms with Crippen molar-refractivity contribution in [3.63, 3.8) is 0 Å². The zero-order chi connectivity index (χ0) is 22.0. The molecule has 0 bridgehead atoms. The fraction of sp³-hybridized carbons (Fsp3) is 0.381. The van der Waals surface area contributed by atoms with Crippen molar-refractivity contribution in [2.45, 2.75) is 13.5 Å². The number of anilines is 1. The summed E-state index contributed by atoms with van der Waals surface area (Å²) in [5, 5.41) is 11.3. The number of nitrogens with zero attached hydrogens (tertiary/aromatic N) is 5. The fourth-order valence-corrected chi connectivity index (χ4v) is 3.20. The number of urea groups is 1. The van der Waals surface area contributed by atoms with E-state index in [1.54, 1.807) is 28.3 Å². The lowest BCUT2D eigenvalue weighted by Crippen LogP contribution is -2.27. The summed E-state index contributed by atoms with van der Waals surface area (Å²) in [7, 11) is 10.7. The van der Waals surface area contributed by atoms with Crippen molar-refractivity contribution in [1.82, 2.24) is 24.4 Å². The molecule has 30 heavy (non-hydrogen) atoms. The van der Waals surface area contributed by atoms with Gasteiger partial charge in [0.05, 0.1) is 25.5 Å². The number of carbonyl (C=O) groups excluding carboxylic acids is 1. The van der Waals surface area contributed by atoms with Crippen LogP contribution in [-0.4, -0.2) is 72.8 Å². The molecule has 0 aliphatic heterocycles. The zero-order valence-electron chi connectivity index (χ0n) is 18.5. The summed E-state index contributed by atoms with van der Waals surface area (Å²) in [6.45, 7) is 2.54. The first-order valence-electron chi connectivity index (χ1n) is 9.48. The maximum absolute atomic E-state index is 12.3. The Morgan fingerprint density at radius 3 is 2.20 bits per heavy atom. The number of ether oxygens (including phenoxy) is 2. The van der Waals surface area contributed by atoms with Crippen molar-refractivity contribution in [1.29, 1.82) is 0 Å². The summed E-state index contributed by atoms with van der Waals surface area (Å²) in [5.74, 6) is 2.19. The molecule has 0 spiro atoms. The molecule has 2 heterocycles. The predicted octanol–water partition coefficient (Wildman–Crippen LogP) is 2.88. The van der Waals surface area contributed by atoms with Gasteiger partial charge in [0.1, 0.15) is 17.3 Å². The third-order valence-corrected chi connectivity index (χ3v) is 4.74. The lowest BCUT2D eigenvalue weighted by atomic mass is 10.0. The van der Waals surface area contributed by atoms with E-state index in [9.17, 15) is 4.79 Å². The van der Waals surface area contributed by atoms with Gasteiger partial charge in [0.15, 0.2) is 5.65 Å². The number of pyridine rings is 1. The molecule has 0 saturated heterocycles. The van der Waals surface area contributed by atoms with E-state index in [2.05, 4.69) is 20.4 Å². The molecule has 2 amide bonds. The van der Waals surface area contributed by atoms with Gasteiger partial charge < -0.3 is 24.6 Å². The van der Waals surface area contributed by atoms with Crippen LogP contribution in [0, 0.1) is 6.92 Å². The van der Waals surface area contributed by atoms with Gasteiger partial charge in [0.2, 0.25) is 0 Å². The number of aromatic nitrogens is 3. The van der Waals surface area contributed by atoms with Gasteiger partial charge in [-0.15, -0.1) is 10.2 Å². The van der Waals surface area contributed by atoms with Gasteiger partial charge in [0, 0.05) is 32.4 Å². The Morgan fingerprint density at radius 1 is 1.03 bits per heavy atom. The van der Waals surface area contributed by atoms with Crippen molar-refractivity contribution in [2.24, 2.45) is 0 Å². The van der Waals surface area contributed by atoms with Crippen LogP contribution >= 0.6 is 0 Å². The van der Waals surface area contributed by atoms with Crippen LogP contribution in [0.25, 0.3) is 16.8 Å². The lowest BCUT2D eigenvalue weighted by Gasteiger charge is -2.19. The van der Waals surface area contributed by atoms with E-state index in [0.29, 0.717) is 17.9 Å². The van der Waals surface area contributed by atoms with E-state index < -0.39 is 0 Å². The van der Waals surface area contributed by atoms with Gasteiger partial charge in [-0.3, -0.25) is 4.40 Å². The summed E-state index contributed by atoms with van der Waals surface area (Å²) in [4.78, 5) is 15.8. The molecule has 0 aliphatic carbocycles. The van der Waals surface area contributed by atoms with Crippen molar-refractivity contribution >= 4 is 17.4 Å². The van der Waals surface area contributed by atoms with Crippen LogP contribution in [0.3, 0.4) is 0 Å². The monoisotopic (exact) mass is 412 g/mol. The summed E-state index contributed by atoms with van der Waals surface area (Å²) >= 11 is 0. The minimum atomic E-state index is -0.244. The quantitative estimate of drug-likeness (QED) is 0.670. The van der Waals surface area contributed by atoms with Crippen molar-refractivity contribution in [2.75, 3.05) is 47.7 Å². The van der Waals surface area contributed by atoms with Gasteiger partial charge in [-0.05, 0) is 44.8 Å². The Bertz CT molecular complexity index is 1050. The van der Waals surface area contributed by atoms with Gasteiger partial charge in [-0.25, -0.2) is 4.79 Å². The highest BCUT2D eigenvalue weighted by Gasteiger charge is 2.18. The average molecular weight is 412 g/mol. The standard InChI is InChI=1S/C21H28N6O3/c1-13-23-24-20-17(22-21(28)26(4)5)8-15(11-27(13)20)14-9-18(29-6)16(12-25(2)3)19(10-14)30-7/h8-11H,12H2,1-7H3,(H,22,28). The Kier molecular flexibility index (Phi) is 6.12. The highest BCUT2D eigenvalue weighted by molar-refractivity contribution is 5.94. The third kappa shape index (κ3) is 4.16. The highest BCUT2D eigenvalue weighted by atomic mass is 16.5. The first kappa shape index (κ1) is 21.4. The van der Waals surface area contributed by atoms with Crippen LogP contribution in [0.4, 0.5) is 10.5 Å². The Hall–Kier alpha value is -3.33. The van der Waals surface area contributed by atoms with Crippen LogP contribution in [0.2, 0.25) is 0 Å². The molecule has 0 atom stereocenters. The second kappa shape index (κ2) is 8.58. The molecule has 3 rings (SSSR count). The summed E-state index contributed by atoms with van der Waals surface area (Å²) in [6.07, 6.45) is 1.94. The van der Waals surface area contributed by atoms with E-state index in [1.165, 1.54) is 4.90 Å². The number of aryl methyl sites for hydroxylation is 1. The summed E-state index contributed by atoms with van der Waals surface area (Å²) in [5.41, 5.74) is 3.88. The number of fused-ring (bicyclic) bond motifs is 1. The Labute approximate surface area is 176 Å². The number of hydrogen-bond acceptors (Lipinski definition) is 6. The zero-order valence-corrected chi connectivity index (χ0v) is 18.5. The summed E-state index contributed by atoms with van der Waals surface area (Å²) < 4.78 is 13.2. The normalized spacial score (nSPS) is 11.1. The molecule has 1 aromatic carbocycles. The van der Waals surface area contributed by atoms with Gasteiger partial charge in [0.25, 0.3) is 0 Å². The second-order valence-corrected chi connectivity index (χ2v) is 7.50. The predicted molar refractivity (Wildman–Crippen MR) is 116 cm³/mol. The SMILES string of the molecule is COc1cc(-c2cc(NC(=O)N(C)C)c3nnc(C)n3c2)cc(OC)c1CN(C)C. The lowest BCUT2D eigenvalue weighted by molar-refractivity contribution is 0.230. The van der Waals surface area contributed by atoms with Crippen LogP contribution in [0.5, 0.6) is 11.5 Å². The first-order valence-corrected chi connectivity index (χ1v) is 9.48. The van der Waals surface area contributed by atoms with Crippen LogP contribution in [0.15, 0.2) is 24.4 Å². The van der Waals surface area contributed by atoms with E-state index in [0.717, 1.165) is 34.0 Å². The van der Waals surface area contributed by atoms with Crippen molar-refractivity contribution in [3.8, 4) is 22.6 Å². The van der Waals surface area contributed by atoms with E-state index >= 15 is 0 Å². The number of benzene rings is 1. The maximum Gasteiger partial charge on any atom is 0.321 e. The molecule has 1 N–H and O–H groups in total. The molecule has 0 saturated carbocycles. The number of hydrogen-bond donors (Lipinski definition) is 1. The molecule has 9 heteroatoms. The highest BCUT2D eigenvalue weighted by Crippen LogP contribution is 2.37. The number of amides is 2. The molecular weight excluding hydrogens is 384 g/mol. The number of rotatable bonds is 6. The Morgan fingerprint density at radius 2 is 1.67 bits per heavy atom. The van der Waals surface area contributed by atoms with Crippen LogP contribution < -0.4 is 14.8 Å². The molecule has 0 fully saturated rings. The number of nitrogens with one attached hydrogen (secondary N) is 1. The molecule has 2 aromatic heterocycles. The smallest absolute Gasteiger partial charge is 0.321 e. The van der Waals surface area contributed by atoms with E-state index in [-0.39, 0.29) is 6.03 Å².